The number of nitrogens with one attached hydrogen (secondary N) is 1. The van der Waals surface area contributed by atoms with Crippen molar-refractivity contribution in [2.75, 3.05) is 24.2 Å². The van der Waals surface area contributed by atoms with Crippen LogP contribution in [0.1, 0.15) is 43.5 Å². The average molecular weight is 680 g/mol. The van der Waals surface area contributed by atoms with E-state index < -0.39 is 45.5 Å². The van der Waals surface area contributed by atoms with E-state index in [1.165, 1.54) is 36.1 Å². The number of fused-ring (bicyclic) bond motifs is 1. The number of anilines is 1. The summed E-state index contributed by atoms with van der Waals surface area (Å²) in [5.41, 5.74) is 1.25. The van der Waals surface area contributed by atoms with Crippen molar-refractivity contribution in [3.05, 3.63) is 89.9 Å². The summed E-state index contributed by atoms with van der Waals surface area (Å²) >= 11 is 2.42. The Labute approximate surface area is 263 Å². The fourth-order valence-corrected chi connectivity index (χ4v) is 7.40. The second-order valence-electron chi connectivity index (χ2n) is 10.4. The van der Waals surface area contributed by atoms with E-state index in [0.717, 1.165) is 15.3 Å². The molecule has 3 atom stereocenters. The number of benzene rings is 3. The topological polar surface area (TPSA) is 126 Å². The van der Waals surface area contributed by atoms with Gasteiger partial charge >= 0.3 is 199 Å². The molecule has 1 aliphatic rings. The summed E-state index contributed by atoms with van der Waals surface area (Å²) in [6.07, 6.45) is 1.81. The standard InChI is InChI=1S/C32H31AsFN3O6S/c1-3-43-26-18-20(9-12-25(26)34)28(36-21-10-11-22-19(17-21)13-15-35-30(22)33)31(38)37-16-14-24(32(39)40)29(37)23-7-5-6-8-27(23)44(41,42)4-2/h5-13,15,17-18,24,28-29,36H,3-4,14,16H2,1-2H3,(H,39,40). The van der Waals surface area contributed by atoms with Gasteiger partial charge in [0.15, 0.2) is 9.84 Å². The molecular weight excluding hydrogens is 648 g/mol. The number of ether oxygens (including phenoxy) is 1. The summed E-state index contributed by atoms with van der Waals surface area (Å²) in [7, 11) is -3.74. The number of carbonyl (C=O) groups is 2. The van der Waals surface area contributed by atoms with Gasteiger partial charge in [-0.1, -0.05) is 19.1 Å². The summed E-state index contributed by atoms with van der Waals surface area (Å²) in [6, 6.07) is 15.7. The van der Waals surface area contributed by atoms with Crippen LogP contribution >= 0.6 is 0 Å². The van der Waals surface area contributed by atoms with Crippen LogP contribution in [0.15, 0.2) is 77.8 Å². The third kappa shape index (κ3) is 6.16. The van der Waals surface area contributed by atoms with Crippen LogP contribution in [0.3, 0.4) is 0 Å². The van der Waals surface area contributed by atoms with Gasteiger partial charge in [-0.2, -0.15) is 0 Å². The average Bonchev–Trinajstić information content (AvgIpc) is 3.47. The molecule has 0 aliphatic carbocycles. The second-order valence-corrected chi connectivity index (χ2v) is 13.6. The van der Waals surface area contributed by atoms with Crippen LogP contribution in [0.4, 0.5) is 10.1 Å². The van der Waals surface area contributed by atoms with Crippen LogP contribution in [0.2, 0.25) is 0 Å². The zero-order valence-corrected chi connectivity index (χ0v) is 26.8. The normalized spacial score (nSPS) is 17.4. The Morgan fingerprint density at radius 1 is 1.14 bits per heavy atom. The predicted molar refractivity (Wildman–Crippen MR) is 165 cm³/mol. The number of pyridine rings is 1. The van der Waals surface area contributed by atoms with E-state index in [0.29, 0.717) is 11.3 Å². The Kier molecular flexibility index (Phi) is 9.27. The zero-order chi connectivity index (χ0) is 31.6. The van der Waals surface area contributed by atoms with E-state index in [9.17, 15) is 27.5 Å². The first-order valence-corrected chi connectivity index (χ1v) is 16.8. The number of nitrogens with zero attached hydrogens (tertiary/aromatic N) is 2. The van der Waals surface area contributed by atoms with Crippen LogP contribution in [-0.4, -0.2) is 71.0 Å². The molecule has 1 aromatic heterocycles. The minimum atomic E-state index is -3.74. The van der Waals surface area contributed by atoms with Crippen molar-refractivity contribution in [1.82, 2.24) is 9.88 Å². The Morgan fingerprint density at radius 2 is 1.91 bits per heavy atom. The molecule has 1 aliphatic heterocycles. The predicted octanol–water partition coefficient (Wildman–Crippen LogP) is 4.19. The zero-order valence-electron chi connectivity index (χ0n) is 24.1. The molecule has 2 heterocycles. The second kappa shape index (κ2) is 13.0. The molecular formula is C32H31AsFN3O6S. The third-order valence-corrected chi connectivity index (χ3v) is 10.4. The molecule has 3 unspecified atom stereocenters. The van der Waals surface area contributed by atoms with Crippen molar-refractivity contribution < 1.29 is 32.2 Å². The van der Waals surface area contributed by atoms with Crippen LogP contribution in [-0.2, 0) is 19.4 Å². The Hall–Kier alpha value is -3.95. The fraction of sp³-hybridized carbons (Fsp3) is 0.281. The number of amides is 1. The summed E-state index contributed by atoms with van der Waals surface area (Å²) in [5.74, 6) is -3.44. The van der Waals surface area contributed by atoms with Crippen molar-refractivity contribution in [3.63, 3.8) is 0 Å². The Bertz CT molecular complexity index is 1840. The third-order valence-electron chi connectivity index (χ3n) is 7.84. The van der Waals surface area contributed by atoms with Crippen molar-refractivity contribution in [1.29, 1.82) is 0 Å². The number of carboxylic acid groups (broad SMARTS) is 1. The molecule has 3 aromatic carbocycles. The molecule has 12 heteroatoms. The van der Waals surface area contributed by atoms with Gasteiger partial charge in [-0.15, -0.1) is 0 Å². The van der Waals surface area contributed by atoms with Gasteiger partial charge in [0.05, 0.1) is 5.75 Å². The monoisotopic (exact) mass is 679 g/mol. The molecule has 44 heavy (non-hydrogen) atoms. The maximum absolute atomic E-state index is 14.6. The number of rotatable bonds is 10. The molecule has 2 radical (unpaired) electrons. The van der Waals surface area contributed by atoms with Crippen LogP contribution in [0, 0.1) is 11.7 Å². The quantitative estimate of drug-likeness (QED) is 0.239. The molecule has 0 spiro atoms. The molecule has 2 N–H and O–H groups in total. The molecule has 1 fully saturated rings. The van der Waals surface area contributed by atoms with Crippen LogP contribution < -0.4 is 14.5 Å². The SMILES string of the molecule is CCOc1cc(C(Nc2ccc3c([As])nccc3c2)C(=O)N2CCC(C(=O)O)C2c2ccccc2S(=O)(=O)CC)ccc1F. The number of likely N-dealkylation sites (tertiary alicyclic amines) is 1. The maximum atomic E-state index is 14.6. The molecule has 5 rings (SSSR count). The van der Waals surface area contributed by atoms with Crippen molar-refractivity contribution in [3.8, 4) is 5.75 Å². The summed E-state index contributed by atoms with van der Waals surface area (Å²) in [5, 5.41) is 15.2. The first kappa shape index (κ1) is 31.5. The molecule has 0 saturated carbocycles. The summed E-state index contributed by atoms with van der Waals surface area (Å²) in [6.45, 7) is 3.53. The molecule has 4 aromatic rings. The number of hydrogen-bond acceptors (Lipinski definition) is 7. The molecule has 228 valence electrons. The number of carbonyl (C=O) groups excluding carboxylic acids is 1. The fourth-order valence-electron chi connectivity index (χ4n) is 5.68. The number of aliphatic carboxylic acids is 1. The number of aromatic nitrogens is 1. The van der Waals surface area contributed by atoms with Crippen molar-refractivity contribution >= 4 is 59.5 Å². The van der Waals surface area contributed by atoms with Crippen molar-refractivity contribution in [2.45, 2.75) is 37.2 Å². The van der Waals surface area contributed by atoms with Gasteiger partial charge in [0.2, 0.25) is 0 Å². The van der Waals surface area contributed by atoms with Gasteiger partial charge in [0, 0.05) is 0 Å². The van der Waals surface area contributed by atoms with Crippen molar-refractivity contribution in [2.24, 2.45) is 5.92 Å². The molecule has 0 bridgehead atoms. The molecule has 1 saturated heterocycles. The van der Waals surface area contributed by atoms with Gasteiger partial charge < -0.3 is 5.11 Å². The van der Waals surface area contributed by atoms with Crippen LogP contribution in [0.5, 0.6) is 5.75 Å². The van der Waals surface area contributed by atoms with E-state index >= 15 is 0 Å². The number of carboxylic acids is 1. The Balaban J connectivity index is 1.62. The van der Waals surface area contributed by atoms with E-state index in [-0.39, 0.29) is 41.5 Å². The van der Waals surface area contributed by atoms with Gasteiger partial charge in [-0.3, -0.25) is 4.79 Å². The van der Waals surface area contributed by atoms with E-state index in [4.69, 9.17) is 4.74 Å². The van der Waals surface area contributed by atoms with Crippen LogP contribution in [0.25, 0.3) is 10.8 Å². The van der Waals surface area contributed by atoms with Gasteiger partial charge in [0.25, 0.3) is 0 Å². The summed E-state index contributed by atoms with van der Waals surface area (Å²) in [4.78, 5) is 32.8. The minimum absolute atomic E-state index is 0.000263. The van der Waals surface area contributed by atoms with E-state index in [2.05, 4.69) is 27.2 Å². The van der Waals surface area contributed by atoms with Gasteiger partial charge in [-0.25, -0.2) is 8.42 Å². The number of hydrogen-bond donors (Lipinski definition) is 2. The van der Waals surface area contributed by atoms with Gasteiger partial charge in [-0.05, 0) is 13.0 Å². The van der Waals surface area contributed by atoms with Gasteiger partial charge in [0.1, 0.15) is 0 Å². The van der Waals surface area contributed by atoms with E-state index in [1.54, 1.807) is 37.4 Å². The number of sulfone groups is 1. The summed E-state index contributed by atoms with van der Waals surface area (Å²) < 4.78 is 47.0. The Morgan fingerprint density at radius 3 is 2.64 bits per heavy atom. The molecule has 1 amide bonds. The molecule has 9 nitrogen and oxygen atoms in total. The van der Waals surface area contributed by atoms with E-state index in [1.807, 2.05) is 18.2 Å². The number of halogens is 1. The first-order chi connectivity index (χ1) is 21.1. The first-order valence-electron chi connectivity index (χ1n) is 14.2.